The molecule has 1 aliphatic carbocycles. The Morgan fingerprint density at radius 2 is 2.00 bits per heavy atom. The van der Waals surface area contributed by atoms with Crippen molar-refractivity contribution in [2.45, 2.75) is 83.0 Å². The molecule has 4 aliphatic rings. The summed E-state index contributed by atoms with van der Waals surface area (Å²) in [6.45, 7) is 8.52. The van der Waals surface area contributed by atoms with E-state index < -0.39 is 17.7 Å². The Balaban J connectivity index is 1.36. The summed E-state index contributed by atoms with van der Waals surface area (Å²) in [6, 6.07) is 6.98. The molecule has 208 valence electrons. The van der Waals surface area contributed by atoms with E-state index in [-0.39, 0.29) is 30.5 Å². The number of nitrogens with zero attached hydrogens (tertiary/aromatic N) is 6. The lowest BCUT2D eigenvalue weighted by atomic mass is 9.97. The number of hydrogen-bond acceptors (Lipinski definition) is 8. The number of aromatic nitrogens is 5. The van der Waals surface area contributed by atoms with Crippen LogP contribution in [0.1, 0.15) is 92.2 Å². The fourth-order valence-electron chi connectivity index (χ4n) is 5.84. The first-order valence-corrected chi connectivity index (χ1v) is 13.9. The second kappa shape index (κ2) is 8.82. The molecule has 3 aromatic rings. The monoisotopic (exact) mass is 543 g/mol. The van der Waals surface area contributed by atoms with Crippen molar-refractivity contribution < 1.29 is 19.1 Å². The number of nitrogens with one attached hydrogen (secondary N) is 1. The number of amides is 2. The molecule has 2 amide bonds. The molecule has 1 N–H and O–H groups in total. The van der Waals surface area contributed by atoms with Crippen molar-refractivity contribution in [1.82, 2.24) is 30.0 Å². The van der Waals surface area contributed by atoms with Gasteiger partial charge >= 0.3 is 6.09 Å². The second-order valence-electron chi connectivity index (χ2n) is 12.5. The predicted molar refractivity (Wildman–Crippen MR) is 145 cm³/mol. The molecule has 0 saturated heterocycles. The topological polar surface area (TPSA) is 124 Å². The second-order valence-corrected chi connectivity index (χ2v) is 12.5. The Bertz CT molecular complexity index is 1540. The summed E-state index contributed by atoms with van der Waals surface area (Å²) in [7, 11) is 0. The van der Waals surface area contributed by atoms with Crippen molar-refractivity contribution >= 4 is 17.8 Å². The van der Waals surface area contributed by atoms with Crippen molar-refractivity contribution in [3.8, 4) is 11.5 Å². The van der Waals surface area contributed by atoms with Crippen LogP contribution in [0.15, 0.2) is 24.3 Å². The summed E-state index contributed by atoms with van der Waals surface area (Å²) in [4.78, 5) is 38.6. The van der Waals surface area contributed by atoms with E-state index in [4.69, 9.17) is 19.4 Å². The standard InChI is InChI=1S/C29H33N7O4/c1-28(2,3)40-27(38)31-20-15-39-14-16-8-9-23-33-34-25(36(16)23)19-6-5-7-22(30-19)35-13-18-17(26(35)37)12-21(32-24(18)20)29(4)10-11-29/h5-7,12,16,20H,8-11,13-15H2,1-4H3,(H,31,38)/t16-,20-/m1/s1. The normalized spacial score (nSPS) is 22.5. The van der Waals surface area contributed by atoms with Gasteiger partial charge in [-0.25, -0.2) is 9.78 Å². The van der Waals surface area contributed by atoms with E-state index >= 15 is 0 Å². The average Bonchev–Trinajstić information content (AvgIpc) is 3.22. The lowest BCUT2D eigenvalue weighted by molar-refractivity contribution is 0.0412. The van der Waals surface area contributed by atoms with Crippen molar-refractivity contribution in [3.63, 3.8) is 0 Å². The SMILES string of the molecule is CC(C)(C)OC(=O)N[C@@H]1COC[C@H]2CCc3nnc(n32)-c2cccc(n2)N2Cc3c(cc(C4(C)CC4)nc31)C2=O. The lowest BCUT2D eigenvalue weighted by Crippen LogP contribution is -2.38. The Kier molecular flexibility index (Phi) is 5.54. The molecule has 1 fully saturated rings. The first-order valence-electron chi connectivity index (χ1n) is 13.9. The summed E-state index contributed by atoms with van der Waals surface area (Å²) in [5.41, 5.74) is 2.79. The van der Waals surface area contributed by atoms with Crippen LogP contribution in [0.3, 0.4) is 0 Å². The highest BCUT2D eigenvalue weighted by Gasteiger charge is 2.44. The van der Waals surface area contributed by atoms with Gasteiger partial charge in [0, 0.05) is 28.7 Å². The summed E-state index contributed by atoms with van der Waals surface area (Å²) >= 11 is 0. The molecule has 4 bridgehead atoms. The Morgan fingerprint density at radius 1 is 1.18 bits per heavy atom. The number of fused-ring (bicyclic) bond motifs is 5. The zero-order valence-corrected chi connectivity index (χ0v) is 23.2. The molecule has 0 spiro atoms. The Labute approximate surface area is 232 Å². The molecule has 6 heterocycles. The van der Waals surface area contributed by atoms with Crippen LogP contribution in [0.25, 0.3) is 11.5 Å². The van der Waals surface area contributed by atoms with E-state index in [1.165, 1.54) is 0 Å². The van der Waals surface area contributed by atoms with Crippen LogP contribution in [0.5, 0.6) is 0 Å². The van der Waals surface area contributed by atoms with Gasteiger partial charge in [0.15, 0.2) is 5.82 Å². The van der Waals surface area contributed by atoms with Gasteiger partial charge in [-0.05, 0) is 58.2 Å². The van der Waals surface area contributed by atoms with Crippen LogP contribution in [0, 0.1) is 0 Å². The van der Waals surface area contributed by atoms with Gasteiger partial charge < -0.3 is 19.4 Å². The maximum absolute atomic E-state index is 13.9. The molecule has 11 heteroatoms. The maximum Gasteiger partial charge on any atom is 0.408 e. The molecule has 11 nitrogen and oxygen atoms in total. The zero-order chi connectivity index (χ0) is 27.8. The molecular weight excluding hydrogens is 510 g/mol. The largest absolute Gasteiger partial charge is 0.444 e. The van der Waals surface area contributed by atoms with Gasteiger partial charge in [0.05, 0.1) is 37.5 Å². The number of rotatable bonds is 2. The van der Waals surface area contributed by atoms with Gasteiger partial charge in [0.1, 0.15) is 22.9 Å². The van der Waals surface area contributed by atoms with Gasteiger partial charge in [0.25, 0.3) is 5.91 Å². The van der Waals surface area contributed by atoms with Gasteiger partial charge in [-0.15, -0.1) is 10.2 Å². The molecule has 3 aliphatic heterocycles. The molecular formula is C29H33N7O4. The molecule has 0 aromatic carbocycles. The van der Waals surface area contributed by atoms with Crippen molar-refractivity contribution in [2.24, 2.45) is 0 Å². The van der Waals surface area contributed by atoms with E-state index in [9.17, 15) is 9.59 Å². The highest BCUT2D eigenvalue weighted by molar-refractivity contribution is 6.10. The summed E-state index contributed by atoms with van der Waals surface area (Å²) in [5, 5.41) is 11.9. The third-order valence-corrected chi connectivity index (χ3v) is 8.25. The van der Waals surface area contributed by atoms with E-state index in [0.717, 1.165) is 42.8 Å². The van der Waals surface area contributed by atoms with Crippen molar-refractivity contribution in [1.29, 1.82) is 0 Å². The van der Waals surface area contributed by atoms with E-state index in [1.54, 1.807) is 4.90 Å². The van der Waals surface area contributed by atoms with Crippen LogP contribution in [-0.4, -0.2) is 55.5 Å². The minimum atomic E-state index is -0.667. The van der Waals surface area contributed by atoms with E-state index in [0.29, 0.717) is 35.2 Å². The predicted octanol–water partition coefficient (Wildman–Crippen LogP) is 4.03. The van der Waals surface area contributed by atoms with Gasteiger partial charge in [0.2, 0.25) is 0 Å². The van der Waals surface area contributed by atoms with Crippen LogP contribution in [-0.2, 0) is 27.9 Å². The Hall–Kier alpha value is -3.86. The van der Waals surface area contributed by atoms with Crippen molar-refractivity contribution in [2.75, 3.05) is 18.1 Å². The van der Waals surface area contributed by atoms with Crippen molar-refractivity contribution in [3.05, 3.63) is 52.6 Å². The molecule has 1 saturated carbocycles. The summed E-state index contributed by atoms with van der Waals surface area (Å²) in [6.07, 6.45) is 3.11. The number of aryl methyl sites for hydroxylation is 1. The number of hydrogen-bond donors (Lipinski definition) is 1. The number of pyridine rings is 2. The van der Waals surface area contributed by atoms with Gasteiger partial charge in [-0.2, -0.15) is 0 Å². The maximum atomic E-state index is 13.9. The molecule has 0 unspecified atom stereocenters. The molecule has 3 aromatic heterocycles. The van der Waals surface area contributed by atoms with Crippen LogP contribution >= 0.6 is 0 Å². The third kappa shape index (κ3) is 4.23. The molecule has 2 atom stereocenters. The molecule has 0 radical (unpaired) electrons. The van der Waals surface area contributed by atoms with E-state index in [1.807, 2.05) is 45.0 Å². The zero-order valence-electron chi connectivity index (χ0n) is 23.2. The Morgan fingerprint density at radius 3 is 2.77 bits per heavy atom. The number of ether oxygens (including phenoxy) is 2. The number of carbonyl (C=O) groups is 2. The van der Waals surface area contributed by atoms with Crippen LogP contribution in [0.4, 0.5) is 10.6 Å². The number of carbonyl (C=O) groups excluding carboxylic acids is 2. The highest BCUT2D eigenvalue weighted by atomic mass is 16.6. The first kappa shape index (κ1) is 25.1. The summed E-state index contributed by atoms with van der Waals surface area (Å²) in [5.74, 6) is 1.96. The number of anilines is 1. The first-order chi connectivity index (χ1) is 19.1. The van der Waals surface area contributed by atoms with Crippen LogP contribution in [0.2, 0.25) is 0 Å². The fraction of sp³-hybridized carbons (Fsp3) is 0.517. The highest BCUT2D eigenvalue weighted by Crippen LogP contribution is 2.48. The van der Waals surface area contributed by atoms with Gasteiger partial charge in [-0.1, -0.05) is 13.0 Å². The minimum absolute atomic E-state index is 0.0261. The lowest BCUT2D eigenvalue weighted by Gasteiger charge is -2.26. The minimum Gasteiger partial charge on any atom is -0.444 e. The average molecular weight is 544 g/mol. The van der Waals surface area contributed by atoms with E-state index in [2.05, 4.69) is 27.0 Å². The van der Waals surface area contributed by atoms with Crippen LogP contribution < -0.4 is 10.2 Å². The third-order valence-electron chi connectivity index (χ3n) is 8.25. The smallest absolute Gasteiger partial charge is 0.408 e. The fourth-order valence-corrected chi connectivity index (χ4v) is 5.84. The molecule has 40 heavy (non-hydrogen) atoms. The quantitative estimate of drug-likeness (QED) is 0.514. The molecule has 7 rings (SSSR count). The summed E-state index contributed by atoms with van der Waals surface area (Å²) < 4.78 is 14.0. The van der Waals surface area contributed by atoms with Gasteiger partial charge in [-0.3, -0.25) is 14.7 Å². The number of alkyl carbamates (subject to hydrolysis) is 1.